The Morgan fingerprint density at radius 2 is 1.73 bits per heavy atom. The van der Waals surface area contributed by atoms with E-state index < -0.39 is 23.7 Å². The molecule has 1 amide bonds. The third kappa shape index (κ3) is 5.08. The molecule has 0 bridgehead atoms. The second kappa shape index (κ2) is 10.9. The van der Waals surface area contributed by atoms with Gasteiger partial charge in [-0.15, -0.1) is 0 Å². The van der Waals surface area contributed by atoms with Gasteiger partial charge in [0.25, 0.3) is 11.7 Å². The minimum atomic E-state index is -0.903. The first-order chi connectivity index (χ1) is 17.8. The molecule has 3 aromatic carbocycles. The number of anilines is 1. The van der Waals surface area contributed by atoms with Crippen LogP contribution >= 0.6 is 11.6 Å². The summed E-state index contributed by atoms with van der Waals surface area (Å²) < 4.78 is 10.4. The number of esters is 1. The maximum absolute atomic E-state index is 13.4. The van der Waals surface area contributed by atoms with Gasteiger partial charge in [0.1, 0.15) is 11.5 Å². The number of methoxy groups -OCH3 is 1. The van der Waals surface area contributed by atoms with Crippen molar-refractivity contribution in [1.82, 2.24) is 0 Å². The van der Waals surface area contributed by atoms with Gasteiger partial charge in [-0.25, -0.2) is 4.79 Å². The lowest BCUT2D eigenvalue weighted by atomic mass is 9.94. The Balaban J connectivity index is 1.85. The van der Waals surface area contributed by atoms with Crippen LogP contribution in [0.2, 0.25) is 5.02 Å². The van der Waals surface area contributed by atoms with Crippen molar-refractivity contribution in [2.45, 2.75) is 26.3 Å². The summed E-state index contributed by atoms with van der Waals surface area (Å²) in [4.78, 5) is 40.3. The fraction of sp³-hybridized carbons (Fsp3) is 0.207. The van der Waals surface area contributed by atoms with Gasteiger partial charge in [-0.3, -0.25) is 14.5 Å². The number of Topliss-reactive ketones (excluding diaryl/α,β-unsaturated/α-hetero) is 1. The number of hydrogen-bond donors (Lipinski definition) is 1. The molecule has 0 saturated carbocycles. The first-order valence-corrected chi connectivity index (χ1v) is 12.1. The Kier molecular flexibility index (Phi) is 7.64. The molecule has 0 aromatic heterocycles. The molecule has 0 radical (unpaired) electrons. The third-order valence-electron chi connectivity index (χ3n) is 6.05. The van der Waals surface area contributed by atoms with Gasteiger partial charge in [-0.2, -0.15) is 0 Å². The van der Waals surface area contributed by atoms with Gasteiger partial charge in [0.15, 0.2) is 0 Å². The van der Waals surface area contributed by atoms with Crippen LogP contribution in [0.15, 0.2) is 72.3 Å². The van der Waals surface area contributed by atoms with Crippen LogP contribution in [-0.4, -0.2) is 36.5 Å². The predicted molar refractivity (Wildman–Crippen MR) is 141 cm³/mol. The van der Waals surface area contributed by atoms with E-state index in [1.165, 1.54) is 18.1 Å². The van der Waals surface area contributed by atoms with E-state index in [1.807, 2.05) is 32.0 Å². The first-order valence-electron chi connectivity index (χ1n) is 11.8. The van der Waals surface area contributed by atoms with Crippen molar-refractivity contribution in [3.8, 4) is 5.75 Å². The summed E-state index contributed by atoms with van der Waals surface area (Å²) in [5, 5.41) is 11.6. The molecule has 1 N–H and O–H groups in total. The SMILES string of the molecule is CCCOC(=O)c1ccc(N2C(=O)C(=O)/C(=C(\O)c3ccc(Cl)c(OC)c3)C2c2cccc(C)c2)cc1. The van der Waals surface area contributed by atoms with E-state index in [-0.39, 0.29) is 16.9 Å². The lowest BCUT2D eigenvalue weighted by Gasteiger charge is -2.26. The molecule has 1 atom stereocenters. The van der Waals surface area contributed by atoms with Gasteiger partial charge in [0.2, 0.25) is 0 Å². The summed E-state index contributed by atoms with van der Waals surface area (Å²) in [5.41, 5.74) is 2.51. The van der Waals surface area contributed by atoms with Gasteiger partial charge in [-0.05, 0) is 61.4 Å². The van der Waals surface area contributed by atoms with Crippen LogP contribution < -0.4 is 9.64 Å². The molecule has 1 saturated heterocycles. The number of aliphatic hydroxyl groups is 1. The number of aryl methyl sites for hydroxylation is 1. The minimum absolute atomic E-state index is 0.0635. The zero-order valence-electron chi connectivity index (χ0n) is 20.7. The van der Waals surface area contributed by atoms with E-state index in [1.54, 1.807) is 42.5 Å². The van der Waals surface area contributed by atoms with Crippen molar-refractivity contribution >= 4 is 40.7 Å². The summed E-state index contributed by atoms with van der Waals surface area (Å²) in [7, 11) is 1.44. The molecule has 0 aliphatic carbocycles. The number of nitrogens with zero attached hydrogens (tertiary/aromatic N) is 1. The Labute approximate surface area is 219 Å². The van der Waals surface area contributed by atoms with Gasteiger partial charge >= 0.3 is 5.97 Å². The number of ether oxygens (including phenoxy) is 2. The monoisotopic (exact) mass is 519 g/mol. The van der Waals surface area contributed by atoms with Crippen LogP contribution in [0.4, 0.5) is 5.69 Å². The third-order valence-corrected chi connectivity index (χ3v) is 6.36. The highest BCUT2D eigenvalue weighted by molar-refractivity contribution is 6.51. The molecule has 1 unspecified atom stereocenters. The van der Waals surface area contributed by atoms with E-state index in [0.29, 0.717) is 40.6 Å². The van der Waals surface area contributed by atoms with Crippen LogP contribution in [0.25, 0.3) is 5.76 Å². The normalized spacial score (nSPS) is 16.6. The smallest absolute Gasteiger partial charge is 0.338 e. The molecule has 4 rings (SSSR count). The van der Waals surface area contributed by atoms with Crippen molar-refractivity contribution in [2.24, 2.45) is 0 Å². The summed E-state index contributed by atoms with van der Waals surface area (Å²) in [6.07, 6.45) is 0.699. The summed E-state index contributed by atoms with van der Waals surface area (Å²) in [6, 6.07) is 17.3. The van der Waals surface area contributed by atoms with E-state index in [2.05, 4.69) is 0 Å². The van der Waals surface area contributed by atoms with Gasteiger partial charge in [-0.1, -0.05) is 48.4 Å². The molecular formula is C29H26ClNO6. The maximum atomic E-state index is 13.4. The van der Waals surface area contributed by atoms with Crippen molar-refractivity contribution in [3.63, 3.8) is 0 Å². The Morgan fingerprint density at radius 1 is 1.03 bits per heavy atom. The number of carbonyl (C=O) groups excluding carboxylic acids is 3. The molecule has 1 heterocycles. The van der Waals surface area contributed by atoms with Crippen LogP contribution in [0.5, 0.6) is 5.75 Å². The predicted octanol–water partition coefficient (Wildman–Crippen LogP) is 5.85. The fourth-order valence-electron chi connectivity index (χ4n) is 4.25. The second-order valence-corrected chi connectivity index (χ2v) is 9.02. The number of benzene rings is 3. The molecule has 7 nitrogen and oxygen atoms in total. The lowest BCUT2D eigenvalue weighted by Crippen LogP contribution is -2.29. The molecule has 37 heavy (non-hydrogen) atoms. The number of rotatable bonds is 7. The highest BCUT2D eigenvalue weighted by Gasteiger charge is 2.47. The van der Waals surface area contributed by atoms with E-state index in [0.717, 1.165) is 5.56 Å². The summed E-state index contributed by atoms with van der Waals surface area (Å²) >= 11 is 6.14. The molecule has 8 heteroatoms. The van der Waals surface area contributed by atoms with Crippen molar-refractivity contribution in [3.05, 3.63) is 99.6 Å². The number of ketones is 1. The molecular weight excluding hydrogens is 494 g/mol. The van der Waals surface area contributed by atoms with Crippen molar-refractivity contribution < 1.29 is 29.0 Å². The topological polar surface area (TPSA) is 93.1 Å². The van der Waals surface area contributed by atoms with Crippen molar-refractivity contribution in [1.29, 1.82) is 0 Å². The first kappa shape index (κ1) is 26.0. The highest BCUT2D eigenvalue weighted by atomic mass is 35.5. The largest absolute Gasteiger partial charge is 0.507 e. The lowest BCUT2D eigenvalue weighted by molar-refractivity contribution is -0.132. The molecule has 1 aliphatic rings. The molecule has 1 aliphatic heterocycles. The molecule has 0 spiro atoms. The Hall–Kier alpha value is -4.10. The number of halogens is 1. The van der Waals surface area contributed by atoms with Crippen LogP contribution in [0.3, 0.4) is 0 Å². The van der Waals surface area contributed by atoms with Crippen LogP contribution in [-0.2, 0) is 14.3 Å². The number of aliphatic hydroxyl groups excluding tert-OH is 1. The zero-order chi connectivity index (χ0) is 26.7. The van der Waals surface area contributed by atoms with Gasteiger partial charge < -0.3 is 14.6 Å². The summed E-state index contributed by atoms with van der Waals surface area (Å²) in [5.74, 6) is -2.12. The van der Waals surface area contributed by atoms with E-state index in [9.17, 15) is 19.5 Å². The quantitative estimate of drug-likeness (QED) is 0.182. The Bertz CT molecular complexity index is 1400. The number of hydrogen-bond acceptors (Lipinski definition) is 6. The number of carbonyl (C=O) groups is 3. The standard InChI is InChI=1S/C29H26ClNO6/c1-4-14-37-29(35)18-8-11-21(12-9-18)31-25(19-7-5-6-17(2)15-19)24(27(33)28(31)34)26(32)20-10-13-22(30)23(16-20)36-3/h5-13,15-16,25,32H,4,14H2,1-3H3/b26-24-. The molecule has 1 fully saturated rings. The van der Waals surface area contributed by atoms with Crippen molar-refractivity contribution in [2.75, 3.05) is 18.6 Å². The summed E-state index contributed by atoms with van der Waals surface area (Å²) in [6.45, 7) is 4.10. The van der Waals surface area contributed by atoms with Crippen LogP contribution in [0.1, 0.15) is 46.4 Å². The van der Waals surface area contributed by atoms with Gasteiger partial charge in [0, 0.05) is 11.3 Å². The van der Waals surface area contributed by atoms with Crippen LogP contribution in [0, 0.1) is 6.92 Å². The fourth-order valence-corrected chi connectivity index (χ4v) is 4.45. The Morgan fingerprint density at radius 3 is 2.38 bits per heavy atom. The average molecular weight is 520 g/mol. The molecule has 3 aromatic rings. The van der Waals surface area contributed by atoms with E-state index >= 15 is 0 Å². The molecule has 190 valence electrons. The van der Waals surface area contributed by atoms with E-state index in [4.69, 9.17) is 21.1 Å². The second-order valence-electron chi connectivity index (χ2n) is 8.62. The highest BCUT2D eigenvalue weighted by Crippen LogP contribution is 2.43. The number of amides is 1. The average Bonchev–Trinajstić information content (AvgIpc) is 3.17. The maximum Gasteiger partial charge on any atom is 0.338 e. The van der Waals surface area contributed by atoms with Gasteiger partial charge in [0.05, 0.1) is 35.9 Å². The minimum Gasteiger partial charge on any atom is -0.507 e. The zero-order valence-corrected chi connectivity index (χ0v) is 21.4.